The topological polar surface area (TPSA) is 24.7 Å². The van der Waals surface area contributed by atoms with E-state index in [4.69, 9.17) is 29.0 Å². The summed E-state index contributed by atoms with van der Waals surface area (Å²) >= 11 is -0.106. The maximum atomic E-state index is 5.22. The molecule has 5 heteroatoms. The van der Waals surface area contributed by atoms with E-state index in [1.807, 2.05) is 12.4 Å². The van der Waals surface area contributed by atoms with E-state index in [9.17, 15) is 0 Å². The first-order valence-corrected chi connectivity index (χ1v) is 18.4. The van der Waals surface area contributed by atoms with E-state index in [0.717, 1.165) is 25.7 Å². The van der Waals surface area contributed by atoms with Gasteiger partial charge in [0.1, 0.15) is 0 Å². The van der Waals surface area contributed by atoms with Crippen molar-refractivity contribution in [1.82, 2.24) is 0 Å². The van der Waals surface area contributed by atoms with Gasteiger partial charge in [-0.3, -0.25) is 9.98 Å². The molecule has 2 fully saturated rings. The molecule has 2 saturated carbocycles. The standard InChI is InChI=1S/C36H36N2.2ClH.Pd/c1-5-13-27(14-6-1)31-21-22-32(28-15-7-2-8-16-28)35(31)37-25-26-38-36-33(29-17-9-3-10-18-29)23-24-34(36)30-19-11-4-12-20-30;;;/h1-20,25-26,31-36H,21-24H2;2*1H;/q;;;+2/p-2/t31-,32-,33-,34-;;;/m0.../s1. The summed E-state index contributed by atoms with van der Waals surface area (Å²) in [4.78, 5) is 10.4. The molecule has 41 heavy (non-hydrogen) atoms. The van der Waals surface area contributed by atoms with Crippen molar-refractivity contribution in [3.8, 4) is 0 Å². The molecule has 2 aliphatic carbocycles. The van der Waals surface area contributed by atoms with Crippen LogP contribution in [0.2, 0.25) is 0 Å². The zero-order chi connectivity index (χ0) is 28.3. The van der Waals surface area contributed by atoms with Crippen molar-refractivity contribution in [2.75, 3.05) is 0 Å². The van der Waals surface area contributed by atoms with Gasteiger partial charge in [0, 0.05) is 36.1 Å². The average molecular weight is 674 g/mol. The van der Waals surface area contributed by atoms with Crippen molar-refractivity contribution in [3.05, 3.63) is 144 Å². The predicted octanol–water partition coefficient (Wildman–Crippen LogP) is 9.96. The molecule has 0 bridgehead atoms. The molecule has 0 amide bonds. The minimum atomic E-state index is -0.106. The van der Waals surface area contributed by atoms with E-state index in [0.29, 0.717) is 23.7 Å². The molecule has 0 heterocycles. The summed E-state index contributed by atoms with van der Waals surface area (Å²) in [6.45, 7) is 0. The molecule has 0 saturated heterocycles. The van der Waals surface area contributed by atoms with Crippen LogP contribution < -0.4 is 0 Å². The molecule has 4 aromatic carbocycles. The molecule has 0 spiro atoms. The summed E-state index contributed by atoms with van der Waals surface area (Å²) in [5, 5.41) is 0. The summed E-state index contributed by atoms with van der Waals surface area (Å²) in [7, 11) is 9.63. The Hall–Kier alpha value is -2.54. The molecule has 4 aromatic rings. The predicted molar refractivity (Wildman–Crippen MR) is 171 cm³/mol. The molecular weight excluding hydrogens is 638 g/mol. The Morgan fingerprint density at radius 1 is 0.439 bits per heavy atom. The van der Waals surface area contributed by atoms with Gasteiger partial charge in [0.15, 0.2) is 0 Å². The third-order valence-electron chi connectivity index (χ3n) is 8.72. The van der Waals surface area contributed by atoms with Gasteiger partial charge in [0.05, 0.1) is 12.1 Å². The third kappa shape index (κ3) is 7.65. The van der Waals surface area contributed by atoms with Crippen molar-refractivity contribution in [1.29, 1.82) is 0 Å². The zero-order valence-corrected chi connectivity index (χ0v) is 26.0. The molecule has 0 aromatic heterocycles. The minimum absolute atomic E-state index is 0.106. The monoisotopic (exact) mass is 672 g/mol. The number of benzene rings is 4. The van der Waals surface area contributed by atoms with Crippen LogP contribution in [0.4, 0.5) is 0 Å². The first-order chi connectivity index (χ1) is 20.3. The van der Waals surface area contributed by atoms with Gasteiger partial charge in [-0.15, -0.1) is 0 Å². The second kappa shape index (κ2) is 15.6. The fourth-order valence-corrected chi connectivity index (χ4v) is 6.91. The van der Waals surface area contributed by atoms with E-state index in [1.54, 1.807) is 0 Å². The van der Waals surface area contributed by atoms with Gasteiger partial charge in [0.25, 0.3) is 0 Å². The van der Waals surface area contributed by atoms with E-state index in [-0.39, 0.29) is 28.0 Å². The van der Waals surface area contributed by atoms with Gasteiger partial charge < -0.3 is 0 Å². The second-order valence-corrected chi connectivity index (χ2v) is 13.2. The summed E-state index contributed by atoms with van der Waals surface area (Å²) in [5.74, 6) is 1.75. The maximum absolute atomic E-state index is 5.22. The van der Waals surface area contributed by atoms with Crippen LogP contribution in [-0.2, 0) is 15.9 Å². The zero-order valence-electron chi connectivity index (χ0n) is 23.0. The molecule has 0 N–H and O–H groups in total. The van der Waals surface area contributed by atoms with Crippen LogP contribution in [0.15, 0.2) is 131 Å². The Bertz CT molecular complexity index is 1160. The first kappa shape index (κ1) is 29.9. The van der Waals surface area contributed by atoms with Gasteiger partial charge in [-0.2, -0.15) is 0 Å². The van der Waals surface area contributed by atoms with Gasteiger partial charge in [0.2, 0.25) is 0 Å². The molecule has 6 rings (SSSR count). The van der Waals surface area contributed by atoms with Crippen molar-refractivity contribution in [2.24, 2.45) is 9.98 Å². The van der Waals surface area contributed by atoms with Crippen molar-refractivity contribution in [2.45, 2.75) is 61.4 Å². The summed E-state index contributed by atoms with van der Waals surface area (Å²) in [6.07, 6.45) is 8.67. The SMILES string of the molecule is C(C=NC1[C@H](c2ccccc2)CC[C@H]1c1ccccc1)=NC1[C@H](c2ccccc2)CC[C@H]1c1ccccc1.[Cl][Pd][Cl]. The van der Waals surface area contributed by atoms with E-state index >= 15 is 0 Å². The quantitative estimate of drug-likeness (QED) is 0.138. The van der Waals surface area contributed by atoms with Crippen LogP contribution in [0.25, 0.3) is 0 Å². The van der Waals surface area contributed by atoms with Crippen LogP contribution in [-0.4, -0.2) is 24.5 Å². The van der Waals surface area contributed by atoms with Gasteiger partial charge in [-0.05, 0) is 47.9 Å². The van der Waals surface area contributed by atoms with Crippen molar-refractivity contribution >= 4 is 31.5 Å². The summed E-state index contributed by atoms with van der Waals surface area (Å²) in [6, 6.07) is 44.2. The third-order valence-corrected chi connectivity index (χ3v) is 8.72. The van der Waals surface area contributed by atoms with Crippen LogP contribution in [0, 0.1) is 0 Å². The van der Waals surface area contributed by atoms with Crippen molar-refractivity contribution < 1.29 is 15.9 Å². The van der Waals surface area contributed by atoms with Gasteiger partial charge >= 0.3 is 35.0 Å². The number of halogens is 2. The Kier molecular flexibility index (Phi) is 11.4. The number of hydrogen-bond acceptors (Lipinski definition) is 2. The molecule has 0 unspecified atom stereocenters. The van der Waals surface area contributed by atoms with Gasteiger partial charge in [-0.1, -0.05) is 121 Å². The number of aliphatic imine (C=N–C) groups is 2. The van der Waals surface area contributed by atoms with Crippen LogP contribution in [0.3, 0.4) is 0 Å². The Balaban J connectivity index is 0.00000108. The fraction of sp³-hybridized carbons (Fsp3) is 0.278. The normalized spacial score (nSPS) is 23.3. The Morgan fingerprint density at radius 3 is 0.878 bits per heavy atom. The Morgan fingerprint density at radius 2 is 0.659 bits per heavy atom. The Labute approximate surface area is 261 Å². The number of rotatable bonds is 7. The number of nitrogens with zero attached hydrogens (tertiary/aromatic N) is 2. The van der Waals surface area contributed by atoms with E-state index in [1.165, 1.54) is 22.3 Å². The summed E-state index contributed by atoms with van der Waals surface area (Å²) < 4.78 is 0. The van der Waals surface area contributed by atoms with E-state index in [2.05, 4.69) is 121 Å². The molecule has 214 valence electrons. The van der Waals surface area contributed by atoms with Crippen molar-refractivity contribution in [3.63, 3.8) is 0 Å². The molecular formula is C36H36Cl2N2Pd. The van der Waals surface area contributed by atoms with Gasteiger partial charge in [-0.25, -0.2) is 0 Å². The molecule has 0 aliphatic heterocycles. The molecule has 2 nitrogen and oxygen atoms in total. The average Bonchev–Trinajstić information content (AvgIpc) is 3.66. The molecule has 4 atom stereocenters. The molecule has 2 aliphatic rings. The van der Waals surface area contributed by atoms with Crippen LogP contribution >= 0.6 is 19.1 Å². The van der Waals surface area contributed by atoms with E-state index < -0.39 is 0 Å². The first-order valence-electron chi connectivity index (χ1n) is 14.4. The molecule has 0 radical (unpaired) electrons. The number of hydrogen-bond donors (Lipinski definition) is 0. The summed E-state index contributed by atoms with van der Waals surface area (Å²) in [5.41, 5.74) is 5.59. The fourth-order valence-electron chi connectivity index (χ4n) is 6.91. The second-order valence-electron chi connectivity index (χ2n) is 10.8. The van der Waals surface area contributed by atoms with Crippen LogP contribution in [0.1, 0.15) is 71.6 Å². The van der Waals surface area contributed by atoms with Crippen LogP contribution in [0.5, 0.6) is 0 Å².